The smallest absolute Gasteiger partial charge is 0.326 e. The summed E-state index contributed by atoms with van der Waals surface area (Å²) in [5.74, 6) is -1.06. The van der Waals surface area contributed by atoms with Crippen molar-refractivity contribution in [3.63, 3.8) is 0 Å². The van der Waals surface area contributed by atoms with Crippen LogP contribution in [0.3, 0.4) is 0 Å². The van der Waals surface area contributed by atoms with Crippen LogP contribution in [0.25, 0.3) is 10.9 Å². The number of carbonyl (C=O) groups is 2. The fourth-order valence-electron chi connectivity index (χ4n) is 2.83. The van der Waals surface area contributed by atoms with Crippen LogP contribution in [0.1, 0.15) is 11.1 Å². The van der Waals surface area contributed by atoms with E-state index < -0.39 is 5.97 Å². The number of ether oxygens (including phenoxy) is 1. The van der Waals surface area contributed by atoms with Gasteiger partial charge in [-0.05, 0) is 36.6 Å². The van der Waals surface area contributed by atoms with Gasteiger partial charge in [-0.2, -0.15) is 0 Å². The minimum absolute atomic E-state index is 0.298. The summed E-state index contributed by atoms with van der Waals surface area (Å²) in [5.41, 5.74) is 2.55. The van der Waals surface area contributed by atoms with E-state index in [4.69, 9.17) is 4.74 Å². The Bertz CT molecular complexity index is 1060. The minimum Gasteiger partial charge on any atom is -0.454 e. The molecule has 0 saturated carbocycles. The largest absolute Gasteiger partial charge is 0.454 e. The molecular formula is C21H21N3O4. The Hall–Kier alpha value is -3.48. The van der Waals surface area contributed by atoms with Gasteiger partial charge in [-0.15, -0.1) is 0 Å². The summed E-state index contributed by atoms with van der Waals surface area (Å²) in [6.45, 7) is 1.79. The van der Waals surface area contributed by atoms with E-state index in [1.807, 2.05) is 31.2 Å². The summed E-state index contributed by atoms with van der Waals surface area (Å²) in [6.07, 6.45) is 2.00. The van der Waals surface area contributed by atoms with Crippen LogP contribution in [0.4, 0.5) is 0 Å². The summed E-state index contributed by atoms with van der Waals surface area (Å²) < 4.78 is 6.13. The van der Waals surface area contributed by atoms with Gasteiger partial charge < -0.3 is 10.1 Å². The van der Waals surface area contributed by atoms with Gasteiger partial charge in [0, 0.05) is 6.54 Å². The number of carbonyl (C=O) groups excluding carboxylic acids is 2. The van der Waals surface area contributed by atoms with Crippen LogP contribution >= 0.6 is 0 Å². The third-order valence-corrected chi connectivity index (χ3v) is 4.37. The third-order valence-electron chi connectivity index (χ3n) is 4.37. The maximum atomic E-state index is 12.3. The molecule has 1 aromatic heterocycles. The molecule has 0 spiro atoms. The Balaban J connectivity index is 1.46. The molecule has 0 aliphatic rings. The van der Waals surface area contributed by atoms with Crippen molar-refractivity contribution in [1.29, 1.82) is 0 Å². The van der Waals surface area contributed by atoms with Crippen molar-refractivity contribution in [2.75, 3.05) is 13.2 Å². The summed E-state index contributed by atoms with van der Waals surface area (Å²) in [5, 5.41) is 3.14. The van der Waals surface area contributed by atoms with Crippen LogP contribution in [-0.2, 0) is 27.3 Å². The molecule has 7 heteroatoms. The second-order valence-electron chi connectivity index (χ2n) is 6.38. The monoisotopic (exact) mass is 379 g/mol. The molecule has 0 fully saturated rings. The fraction of sp³-hybridized carbons (Fsp3) is 0.238. The van der Waals surface area contributed by atoms with Crippen molar-refractivity contribution in [1.82, 2.24) is 14.9 Å². The van der Waals surface area contributed by atoms with E-state index in [1.165, 1.54) is 10.9 Å². The van der Waals surface area contributed by atoms with E-state index in [0.717, 1.165) is 11.1 Å². The van der Waals surface area contributed by atoms with Gasteiger partial charge in [0.15, 0.2) is 6.61 Å². The Kier molecular flexibility index (Phi) is 6.16. The topological polar surface area (TPSA) is 90.3 Å². The number of amides is 1. The zero-order chi connectivity index (χ0) is 19.9. The average Bonchev–Trinajstić information content (AvgIpc) is 2.70. The summed E-state index contributed by atoms with van der Waals surface area (Å²) in [7, 11) is 0. The predicted molar refractivity (Wildman–Crippen MR) is 105 cm³/mol. The van der Waals surface area contributed by atoms with Crippen molar-refractivity contribution in [3.05, 3.63) is 76.3 Å². The SMILES string of the molecule is Cc1ccccc1CCNC(=O)COC(=O)Cn1cnc2ccccc2c1=O. The predicted octanol–water partition coefficient (Wildman–Crippen LogP) is 1.61. The Morgan fingerprint density at radius 2 is 1.86 bits per heavy atom. The first-order chi connectivity index (χ1) is 13.5. The third kappa shape index (κ3) is 4.82. The van der Waals surface area contributed by atoms with Crippen LogP contribution < -0.4 is 10.9 Å². The number of hydrogen-bond acceptors (Lipinski definition) is 5. The van der Waals surface area contributed by atoms with Crippen molar-refractivity contribution in [2.24, 2.45) is 0 Å². The van der Waals surface area contributed by atoms with Crippen LogP contribution in [0, 0.1) is 6.92 Å². The highest BCUT2D eigenvalue weighted by atomic mass is 16.5. The highest BCUT2D eigenvalue weighted by molar-refractivity contribution is 5.81. The quantitative estimate of drug-likeness (QED) is 0.630. The molecule has 3 aromatic rings. The first-order valence-electron chi connectivity index (χ1n) is 8.95. The second kappa shape index (κ2) is 8.94. The molecule has 1 amide bonds. The first kappa shape index (κ1) is 19.3. The van der Waals surface area contributed by atoms with E-state index in [1.54, 1.807) is 24.3 Å². The number of benzene rings is 2. The number of nitrogens with one attached hydrogen (secondary N) is 1. The molecule has 28 heavy (non-hydrogen) atoms. The van der Waals surface area contributed by atoms with Gasteiger partial charge in [-0.1, -0.05) is 36.4 Å². The lowest BCUT2D eigenvalue weighted by Gasteiger charge is -2.09. The summed E-state index contributed by atoms with van der Waals surface area (Å²) in [6, 6.07) is 14.8. The lowest BCUT2D eigenvalue weighted by atomic mass is 10.1. The lowest BCUT2D eigenvalue weighted by Crippen LogP contribution is -2.32. The molecule has 0 unspecified atom stereocenters. The van der Waals surface area contributed by atoms with E-state index in [0.29, 0.717) is 23.9 Å². The number of aryl methyl sites for hydroxylation is 1. The van der Waals surface area contributed by atoms with Crippen molar-refractivity contribution in [2.45, 2.75) is 19.9 Å². The molecule has 2 aromatic carbocycles. The van der Waals surface area contributed by atoms with Gasteiger partial charge in [0.25, 0.3) is 11.5 Å². The normalized spacial score (nSPS) is 10.6. The standard InChI is InChI=1S/C21H21N3O4/c1-15-6-2-3-7-16(15)10-11-22-19(25)13-28-20(26)12-24-14-23-18-9-5-4-8-17(18)21(24)27/h2-9,14H,10-13H2,1H3,(H,22,25). The summed E-state index contributed by atoms with van der Waals surface area (Å²) >= 11 is 0. The van der Waals surface area contributed by atoms with E-state index >= 15 is 0 Å². The molecule has 7 nitrogen and oxygen atoms in total. The Morgan fingerprint density at radius 1 is 1.11 bits per heavy atom. The zero-order valence-electron chi connectivity index (χ0n) is 15.6. The fourth-order valence-corrected chi connectivity index (χ4v) is 2.83. The number of para-hydroxylation sites is 1. The maximum Gasteiger partial charge on any atom is 0.326 e. The van der Waals surface area contributed by atoms with Gasteiger partial charge in [0.05, 0.1) is 17.2 Å². The molecule has 0 aliphatic carbocycles. The van der Waals surface area contributed by atoms with Gasteiger partial charge in [-0.25, -0.2) is 4.98 Å². The lowest BCUT2D eigenvalue weighted by molar-refractivity contribution is -0.149. The molecule has 144 valence electrons. The molecular weight excluding hydrogens is 358 g/mol. The van der Waals surface area contributed by atoms with Crippen LogP contribution in [-0.4, -0.2) is 34.6 Å². The van der Waals surface area contributed by atoms with Gasteiger partial charge in [-0.3, -0.25) is 19.0 Å². The Morgan fingerprint density at radius 3 is 2.68 bits per heavy atom. The average molecular weight is 379 g/mol. The van der Waals surface area contributed by atoms with Gasteiger partial charge >= 0.3 is 5.97 Å². The van der Waals surface area contributed by atoms with Gasteiger partial charge in [0.2, 0.25) is 0 Å². The molecule has 3 rings (SSSR count). The number of nitrogens with zero attached hydrogens (tertiary/aromatic N) is 2. The maximum absolute atomic E-state index is 12.3. The minimum atomic E-state index is -0.673. The van der Waals surface area contributed by atoms with Crippen LogP contribution in [0.5, 0.6) is 0 Å². The molecule has 1 N–H and O–H groups in total. The first-order valence-corrected chi connectivity index (χ1v) is 8.95. The van der Waals surface area contributed by atoms with Crippen LogP contribution in [0.2, 0.25) is 0 Å². The molecule has 0 bridgehead atoms. The van der Waals surface area contributed by atoms with Crippen molar-refractivity contribution in [3.8, 4) is 0 Å². The van der Waals surface area contributed by atoms with E-state index in [2.05, 4.69) is 10.3 Å². The van der Waals surface area contributed by atoms with Gasteiger partial charge in [0.1, 0.15) is 6.54 Å². The molecule has 0 radical (unpaired) electrons. The second-order valence-corrected chi connectivity index (χ2v) is 6.38. The van der Waals surface area contributed by atoms with Crippen LogP contribution in [0.15, 0.2) is 59.7 Å². The number of esters is 1. The molecule has 0 atom stereocenters. The molecule has 0 saturated heterocycles. The zero-order valence-corrected chi connectivity index (χ0v) is 15.6. The Labute approximate surface area is 162 Å². The number of fused-ring (bicyclic) bond motifs is 1. The summed E-state index contributed by atoms with van der Waals surface area (Å²) in [4.78, 5) is 40.3. The number of aromatic nitrogens is 2. The van der Waals surface area contributed by atoms with Crippen molar-refractivity contribution < 1.29 is 14.3 Å². The molecule has 0 aliphatic heterocycles. The number of hydrogen-bond donors (Lipinski definition) is 1. The number of rotatable bonds is 7. The van der Waals surface area contributed by atoms with E-state index in [-0.39, 0.29) is 24.6 Å². The highest BCUT2D eigenvalue weighted by Gasteiger charge is 2.11. The van der Waals surface area contributed by atoms with E-state index in [9.17, 15) is 14.4 Å². The van der Waals surface area contributed by atoms with Crippen molar-refractivity contribution >= 4 is 22.8 Å². The highest BCUT2D eigenvalue weighted by Crippen LogP contribution is 2.07. The molecule has 1 heterocycles.